The molecule has 0 aromatic rings. The molecule has 0 aliphatic carbocycles. The van der Waals surface area contributed by atoms with Gasteiger partial charge in [0.2, 0.25) is 0 Å². The Bertz CT molecular complexity index is 83.7. The van der Waals surface area contributed by atoms with E-state index in [2.05, 4.69) is 0 Å². The minimum absolute atomic E-state index is 0.233. The lowest BCUT2D eigenvalue weighted by molar-refractivity contribution is -0.0442. The second kappa shape index (κ2) is 4.66. The maximum absolute atomic E-state index is 9.20. The standard InChI is InChI=1S/C7H17NO2/c1-3-5-10-6-7(8,9)4-2/h9H,3-6,8H2,1-2H3. The Labute approximate surface area is 62.2 Å². The first-order chi connectivity index (χ1) is 4.62. The fraction of sp³-hybridized carbons (Fsp3) is 1.00. The summed E-state index contributed by atoms with van der Waals surface area (Å²) < 4.78 is 5.06. The topological polar surface area (TPSA) is 55.5 Å². The van der Waals surface area contributed by atoms with E-state index in [1.54, 1.807) is 0 Å². The van der Waals surface area contributed by atoms with Crippen LogP contribution in [0.4, 0.5) is 0 Å². The largest absolute Gasteiger partial charge is 0.377 e. The fourth-order valence-electron chi connectivity index (χ4n) is 0.495. The Hall–Kier alpha value is -0.120. The molecule has 0 amide bonds. The second-order valence-corrected chi connectivity index (χ2v) is 2.51. The van der Waals surface area contributed by atoms with Gasteiger partial charge in [0.05, 0.1) is 6.61 Å². The van der Waals surface area contributed by atoms with E-state index < -0.39 is 5.72 Å². The molecular weight excluding hydrogens is 130 g/mol. The summed E-state index contributed by atoms with van der Waals surface area (Å²) in [5.74, 6) is 0. The molecule has 62 valence electrons. The van der Waals surface area contributed by atoms with Crippen LogP contribution in [0.15, 0.2) is 0 Å². The van der Waals surface area contributed by atoms with E-state index in [-0.39, 0.29) is 6.61 Å². The van der Waals surface area contributed by atoms with Crippen LogP contribution >= 0.6 is 0 Å². The number of ether oxygens (including phenoxy) is 1. The predicted octanol–water partition coefficient (Wildman–Crippen LogP) is 0.470. The third-order valence-electron chi connectivity index (χ3n) is 1.31. The molecule has 0 aliphatic rings. The van der Waals surface area contributed by atoms with E-state index in [9.17, 15) is 5.11 Å². The summed E-state index contributed by atoms with van der Waals surface area (Å²) in [6.07, 6.45) is 1.48. The molecule has 0 fully saturated rings. The van der Waals surface area contributed by atoms with Crippen LogP contribution in [0.5, 0.6) is 0 Å². The van der Waals surface area contributed by atoms with Crippen molar-refractivity contribution in [1.29, 1.82) is 0 Å². The van der Waals surface area contributed by atoms with E-state index in [4.69, 9.17) is 10.5 Å². The van der Waals surface area contributed by atoms with Crippen molar-refractivity contribution in [2.45, 2.75) is 32.4 Å². The summed E-state index contributed by atoms with van der Waals surface area (Å²) in [6, 6.07) is 0. The molecule has 0 aromatic carbocycles. The van der Waals surface area contributed by atoms with E-state index in [0.717, 1.165) is 6.42 Å². The zero-order valence-corrected chi connectivity index (χ0v) is 6.76. The van der Waals surface area contributed by atoms with Crippen molar-refractivity contribution in [2.75, 3.05) is 13.2 Å². The van der Waals surface area contributed by atoms with E-state index in [1.807, 2.05) is 13.8 Å². The van der Waals surface area contributed by atoms with Crippen LogP contribution in [0.3, 0.4) is 0 Å². The smallest absolute Gasteiger partial charge is 0.136 e. The minimum atomic E-state index is -1.13. The Morgan fingerprint density at radius 1 is 1.50 bits per heavy atom. The first-order valence-electron chi connectivity index (χ1n) is 3.71. The summed E-state index contributed by atoms with van der Waals surface area (Å²) in [5, 5.41) is 9.20. The average molecular weight is 147 g/mol. The fourth-order valence-corrected chi connectivity index (χ4v) is 0.495. The van der Waals surface area contributed by atoms with Crippen LogP contribution < -0.4 is 5.73 Å². The van der Waals surface area contributed by atoms with Crippen LogP contribution in [0.2, 0.25) is 0 Å². The lowest BCUT2D eigenvalue weighted by Crippen LogP contribution is -2.43. The zero-order chi connectivity index (χ0) is 8.04. The Balaban J connectivity index is 3.28. The van der Waals surface area contributed by atoms with Crippen LogP contribution in [-0.4, -0.2) is 24.0 Å². The molecule has 0 aromatic heterocycles. The molecule has 1 atom stereocenters. The number of rotatable bonds is 5. The molecule has 0 rings (SSSR count). The molecular formula is C7H17NO2. The monoisotopic (exact) mass is 147 g/mol. The molecule has 0 spiro atoms. The number of nitrogens with two attached hydrogens (primary N) is 1. The SMILES string of the molecule is CCCOCC(N)(O)CC. The number of hydrogen-bond acceptors (Lipinski definition) is 3. The first kappa shape index (κ1) is 9.88. The quantitative estimate of drug-likeness (QED) is 0.439. The van der Waals surface area contributed by atoms with Gasteiger partial charge in [0.25, 0.3) is 0 Å². The molecule has 3 heteroatoms. The van der Waals surface area contributed by atoms with Crippen molar-refractivity contribution in [3.05, 3.63) is 0 Å². The van der Waals surface area contributed by atoms with Crippen molar-refractivity contribution in [1.82, 2.24) is 0 Å². The Morgan fingerprint density at radius 2 is 2.10 bits per heavy atom. The molecule has 0 bridgehead atoms. The van der Waals surface area contributed by atoms with Crippen molar-refractivity contribution in [3.63, 3.8) is 0 Å². The summed E-state index contributed by atoms with van der Waals surface area (Å²) in [4.78, 5) is 0. The average Bonchev–Trinajstić information content (AvgIpc) is 1.89. The van der Waals surface area contributed by atoms with Gasteiger partial charge in [-0.2, -0.15) is 0 Å². The Kier molecular flexibility index (Phi) is 4.60. The van der Waals surface area contributed by atoms with Gasteiger partial charge in [0, 0.05) is 6.61 Å². The van der Waals surface area contributed by atoms with Crippen molar-refractivity contribution >= 4 is 0 Å². The summed E-state index contributed by atoms with van der Waals surface area (Å²) >= 11 is 0. The third kappa shape index (κ3) is 4.73. The van der Waals surface area contributed by atoms with Gasteiger partial charge < -0.3 is 15.6 Å². The van der Waals surface area contributed by atoms with Gasteiger partial charge >= 0.3 is 0 Å². The normalized spacial score (nSPS) is 16.8. The molecule has 0 aliphatic heterocycles. The number of hydrogen-bond donors (Lipinski definition) is 2. The van der Waals surface area contributed by atoms with Crippen LogP contribution in [0, 0.1) is 0 Å². The van der Waals surface area contributed by atoms with Gasteiger partial charge in [-0.3, -0.25) is 0 Å². The van der Waals surface area contributed by atoms with Crippen LogP contribution in [0.1, 0.15) is 26.7 Å². The predicted molar refractivity (Wildman–Crippen MR) is 40.5 cm³/mol. The maximum atomic E-state index is 9.20. The van der Waals surface area contributed by atoms with Crippen molar-refractivity contribution < 1.29 is 9.84 Å². The van der Waals surface area contributed by atoms with Crippen molar-refractivity contribution in [2.24, 2.45) is 5.73 Å². The highest BCUT2D eigenvalue weighted by atomic mass is 16.5. The summed E-state index contributed by atoms with van der Waals surface area (Å²) in [5.41, 5.74) is 4.26. The highest BCUT2D eigenvalue weighted by molar-refractivity contribution is 4.66. The number of aliphatic hydroxyl groups is 1. The highest BCUT2D eigenvalue weighted by Crippen LogP contribution is 2.00. The van der Waals surface area contributed by atoms with E-state index >= 15 is 0 Å². The van der Waals surface area contributed by atoms with Crippen LogP contribution in [0.25, 0.3) is 0 Å². The molecule has 0 radical (unpaired) electrons. The van der Waals surface area contributed by atoms with Crippen LogP contribution in [-0.2, 0) is 4.74 Å². The molecule has 0 heterocycles. The van der Waals surface area contributed by atoms with Crippen molar-refractivity contribution in [3.8, 4) is 0 Å². The van der Waals surface area contributed by atoms with E-state index in [0.29, 0.717) is 13.0 Å². The molecule has 10 heavy (non-hydrogen) atoms. The van der Waals surface area contributed by atoms with Gasteiger partial charge in [-0.1, -0.05) is 13.8 Å². The summed E-state index contributed by atoms with van der Waals surface area (Å²) in [7, 11) is 0. The second-order valence-electron chi connectivity index (χ2n) is 2.51. The van der Waals surface area contributed by atoms with Gasteiger partial charge in [-0.25, -0.2) is 0 Å². The van der Waals surface area contributed by atoms with Gasteiger partial charge in [-0.15, -0.1) is 0 Å². The van der Waals surface area contributed by atoms with Gasteiger partial charge in [0.15, 0.2) is 0 Å². The highest BCUT2D eigenvalue weighted by Gasteiger charge is 2.17. The maximum Gasteiger partial charge on any atom is 0.136 e. The molecule has 3 nitrogen and oxygen atoms in total. The molecule has 3 N–H and O–H groups in total. The van der Waals surface area contributed by atoms with Gasteiger partial charge in [0.1, 0.15) is 5.72 Å². The minimum Gasteiger partial charge on any atom is -0.377 e. The third-order valence-corrected chi connectivity index (χ3v) is 1.31. The molecule has 0 saturated carbocycles. The van der Waals surface area contributed by atoms with Gasteiger partial charge in [-0.05, 0) is 12.8 Å². The first-order valence-corrected chi connectivity index (χ1v) is 3.71. The lowest BCUT2D eigenvalue weighted by atomic mass is 10.2. The zero-order valence-electron chi connectivity index (χ0n) is 6.76. The molecule has 0 saturated heterocycles. The molecule has 1 unspecified atom stereocenters. The lowest BCUT2D eigenvalue weighted by Gasteiger charge is -2.20. The summed E-state index contributed by atoms with van der Waals surface area (Å²) in [6.45, 7) is 4.74. The Morgan fingerprint density at radius 3 is 2.50 bits per heavy atom. The van der Waals surface area contributed by atoms with E-state index in [1.165, 1.54) is 0 Å².